The molecule has 3 atom stereocenters. The summed E-state index contributed by atoms with van der Waals surface area (Å²) in [6.07, 6.45) is 10.8. The van der Waals surface area contributed by atoms with Crippen LogP contribution in [0.25, 0.3) is 0 Å². The van der Waals surface area contributed by atoms with Gasteiger partial charge in [-0.25, -0.2) is 0 Å². The molecule has 3 unspecified atom stereocenters. The molecule has 1 saturated carbocycles. The lowest BCUT2D eigenvalue weighted by Crippen LogP contribution is -2.52. The summed E-state index contributed by atoms with van der Waals surface area (Å²) in [6, 6.07) is 1.60. The molecule has 0 aromatic carbocycles. The van der Waals surface area contributed by atoms with E-state index < -0.39 is 0 Å². The van der Waals surface area contributed by atoms with Gasteiger partial charge in [0, 0.05) is 23.9 Å². The second kappa shape index (κ2) is 6.27. The number of likely N-dealkylation sites (tertiary alicyclic amines) is 1. The quantitative estimate of drug-likeness (QED) is 0.818. The molecular weight excluding hydrogens is 216 g/mol. The zero-order chi connectivity index (χ0) is 11.4. The van der Waals surface area contributed by atoms with Crippen LogP contribution in [0.3, 0.4) is 0 Å². The molecule has 3 heteroatoms. The number of hydrogen-bond donors (Lipinski definition) is 1. The van der Waals surface area contributed by atoms with Crippen molar-refractivity contribution in [2.45, 2.75) is 55.9 Å². The second-order valence-corrected chi connectivity index (χ2v) is 6.33. The molecule has 1 aliphatic carbocycles. The third kappa shape index (κ3) is 2.93. The Morgan fingerprint density at radius 3 is 2.69 bits per heavy atom. The van der Waals surface area contributed by atoms with E-state index in [1.807, 2.05) is 0 Å². The number of nitrogens with zero attached hydrogens (tertiary/aromatic N) is 1. The molecule has 1 heterocycles. The molecule has 94 valence electrons. The van der Waals surface area contributed by atoms with Crippen molar-refractivity contribution in [1.29, 1.82) is 0 Å². The minimum absolute atomic E-state index is 0.734. The first-order chi connectivity index (χ1) is 7.85. The van der Waals surface area contributed by atoms with E-state index in [1.54, 1.807) is 0 Å². The van der Waals surface area contributed by atoms with Crippen LogP contribution in [0.1, 0.15) is 38.5 Å². The molecule has 1 N–H and O–H groups in total. The Labute approximate surface area is 105 Å². The fraction of sp³-hybridized carbons (Fsp3) is 1.00. The second-order valence-electron chi connectivity index (χ2n) is 5.25. The van der Waals surface area contributed by atoms with Gasteiger partial charge in [0.1, 0.15) is 0 Å². The minimum atomic E-state index is 0.734. The highest BCUT2D eigenvalue weighted by Crippen LogP contribution is 2.32. The van der Waals surface area contributed by atoms with Crippen LogP contribution in [0, 0.1) is 0 Å². The zero-order valence-electron chi connectivity index (χ0n) is 10.7. The molecule has 2 aliphatic rings. The Kier molecular flexibility index (Phi) is 4.98. The summed E-state index contributed by atoms with van der Waals surface area (Å²) in [5.74, 6) is 0. The van der Waals surface area contributed by atoms with Crippen molar-refractivity contribution in [3.63, 3.8) is 0 Å². The van der Waals surface area contributed by atoms with Crippen LogP contribution in [-0.2, 0) is 0 Å². The molecule has 1 aliphatic heterocycles. The highest BCUT2D eigenvalue weighted by atomic mass is 32.2. The Hall–Kier alpha value is 0.270. The number of nitrogens with one attached hydrogen (secondary N) is 1. The number of rotatable bonds is 3. The lowest BCUT2D eigenvalue weighted by molar-refractivity contribution is 0.117. The van der Waals surface area contributed by atoms with E-state index in [2.05, 4.69) is 35.3 Å². The van der Waals surface area contributed by atoms with Crippen molar-refractivity contribution >= 4 is 11.8 Å². The van der Waals surface area contributed by atoms with E-state index in [-0.39, 0.29) is 0 Å². The Morgan fingerprint density at radius 2 is 1.94 bits per heavy atom. The maximum absolute atomic E-state index is 3.46. The molecule has 0 spiro atoms. The van der Waals surface area contributed by atoms with Gasteiger partial charge in [0.2, 0.25) is 0 Å². The van der Waals surface area contributed by atoms with Gasteiger partial charge in [-0.05, 0) is 45.5 Å². The summed E-state index contributed by atoms with van der Waals surface area (Å²) in [5, 5.41) is 4.35. The van der Waals surface area contributed by atoms with E-state index in [9.17, 15) is 0 Å². The van der Waals surface area contributed by atoms with E-state index in [0.717, 1.165) is 17.3 Å². The van der Waals surface area contributed by atoms with Crippen molar-refractivity contribution in [3.05, 3.63) is 0 Å². The van der Waals surface area contributed by atoms with Gasteiger partial charge in [0.15, 0.2) is 0 Å². The van der Waals surface area contributed by atoms with Crippen molar-refractivity contribution in [2.24, 2.45) is 0 Å². The molecule has 0 bridgehead atoms. The summed E-state index contributed by atoms with van der Waals surface area (Å²) in [4.78, 5) is 2.77. The number of likely N-dealkylation sites (N-methyl/N-ethyl adjacent to an activating group) is 1. The third-order valence-corrected chi connectivity index (χ3v) is 5.46. The first-order valence-corrected chi connectivity index (χ1v) is 8.08. The van der Waals surface area contributed by atoms with Crippen LogP contribution in [0.4, 0.5) is 0 Å². The summed E-state index contributed by atoms with van der Waals surface area (Å²) < 4.78 is 0. The molecule has 0 amide bonds. The van der Waals surface area contributed by atoms with Crippen LogP contribution in [0.15, 0.2) is 0 Å². The standard InChI is InChI=1S/C13H26N2S/c1-14-11-6-5-9-15(10-11)12-7-3-4-8-13(12)16-2/h11-14H,3-10H2,1-2H3. The SMILES string of the molecule is CNC1CCCN(C2CCCCC2SC)C1. The zero-order valence-corrected chi connectivity index (χ0v) is 11.6. The third-order valence-electron chi connectivity index (χ3n) is 4.30. The molecule has 1 saturated heterocycles. The molecule has 0 radical (unpaired) electrons. The molecular formula is C13H26N2S. The monoisotopic (exact) mass is 242 g/mol. The number of hydrogen-bond acceptors (Lipinski definition) is 3. The van der Waals surface area contributed by atoms with Crippen molar-refractivity contribution in [2.75, 3.05) is 26.4 Å². The van der Waals surface area contributed by atoms with Crippen LogP contribution in [0.2, 0.25) is 0 Å². The average Bonchev–Trinajstić information content (AvgIpc) is 2.38. The highest BCUT2D eigenvalue weighted by Gasteiger charge is 2.32. The summed E-state index contributed by atoms with van der Waals surface area (Å²) in [7, 11) is 2.11. The molecule has 2 nitrogen and oxygen atoms in total. The van der Waals surface area contributed by atoms with Gasteiger partial charge in [0.05, 0.1) is 0 Å². The van der Waals surface area contributed by atoms with Gasteiger partial charge < -0.3 is 5.32 Å². The average molecular weight is 242 g/mol. The first kappa shape index (κ1) is 12.7. The predicted octanol–water partition coefficient (Wildman–Crippen LogP) is 2.34. The Balaban J connectivity index is 1.93. The van der Waals surface area contributed by atoms with Crippen molar-refractivity contribution in [1.82, 2.24) is 10.2 Å². The van der Waals surface area contributed by atoms with Gasteiger partial charge in [-0.15, -0.1) is 0 Å². The van der Waals surface area contributed by atoms with Gasteiger partial charge in [-0.1, -0.05) is 12.8 Å². The van der Waals surface area contributed by atoms with Crippen LogP contribution >= 0.6 is 11.8 Å². The van der Waals surface area contributed by atoms with Gasteiger partial charge in [-0.3, -0.25) is 4.90 Å². The number of piperidine rings is 1. The van der Waals surface area contributed by atoms with E-state index in [4.69, 9.17) is 0 Å². The molecule has 0 aromatic rings. The van der Waals surface area contributed by atoms with Crippen LogP contribution < -0.4 is 5.32 Å². The molecule has 2 fully saturated rings. The molecule has 16 heavy (non-hydrogen) atoms. The summed E-state index contributed by atoms with van der Waals surface area (Å²) in [5.41, 5.74) is 0. The summed E-state index contributed by atoms with van der Waals surface area (Å²) >= 11 is 2.09. The van der Waals surface area contributed by atoms with Gasteiger partial charge >= 0.3 is 0 Å². The van der Waals surface area contributed by atoms with Crippen molar-refractivity contribution in [3.8, 4) is 0 Å². The van der Waals surface area contributed by atoms with Crippen LogP contribution in [0.5, 0.6) is 0 Å². The fourth-order valence-corrected chi connectivity index (χ4v) is 4.34. The van der Waals surface area contributed by atoms with E-state index in [1.165, 1.54) is 51.6 Å². The Morgan fingerprint density at radius 1 is 1.12 bits per heavy atom. The maximum atomic E-state index is 3.46. The van der Waals surface area contributed by atoms with Gasteiger partial charge in [-0.2, -0.15) is 11.8 Å². The normalized spacial score (nSPS) is 37.5. The lowest BCUT2D eigenvalue weighted by Gasteiger charge is -2.43. The van der Waals surface area contributed by atoms with E-state index in [0.29, 0.717) is 0 Å². The minimum Gasteiger partial charge on any atom is -0.316 e. The predicted molar refractivity (Wildman–Crippen MR) is 73.2 cm³/mol. The summed E-state index contributed by atoms with van der Waals surface area (Å²) in [6.45, 7) is 2.61. The van der Waals surface area contributed by atoms with Crippen molar-refractivity contribution < 1.29 is 0 Å². The first-order valence-electron chi connectivity index (χ1n) is 6.79. The smallest absolute Gasteiger partial charge is 0.0215 e. The fourth-order valence-electron chi connectivity index (χ4n) is 3.31. The molecule has 0 aromatic heterocycles. The highest BCUT2D eigenvalue weighted by molar-refractivity contribution is 7.99. The topological polar surface area (TPSA) is 15.3 Å². The lowest BCUT2D eigenvalue weighted by atomic mass is 9.91. The Bertz CT molecular complexity index is 210. The maximum Gasteiger partial charge on any atom is 0.0215 e. The largest absolute Gasteiger partial charge is 0.316 e. The molecule has 2 rings (SSSR count). The van der Waals surface area contributed by atoms with Gasteiger partial charge in [0.25, 0.3) is 0 Å². The van der Waals surface area contributed by atoms with E-state index >= 15 is 0 Å². The number of thioether (sulfide) groups is 1. The van der Waals surface area contributed by atoms with Crippen LogP contribution in [-0.4, -0.2) is 48.6 Å².